The van der Waals surface area contributed by atoms with E-state index in [9.17, 15) is 14.4 Å². The number of ether oxygens (including phenoxy) is 1. The van der Waals surface area contributed by atoms with E-state index in [1.807, 2.05) is 91.9 Å². The highest BCUT2D eigenvalue weighted by molar-refractivity contribution is 6.14. The van der Waals surface area contributed by atoms with Gasteiger partial charge in [0.2, 0.25) is 11.8 Å². The normalized spacial score (nSPS) is 10.8. The Bertz CT molecular complexity index is 1810. The predicted molar refractivity (Wildman–Crippen MR) is 174 cm³/mol. The van der Waals surface area contributed by atoms with Gasteiger partial charge in [0.05, 0.1) is 12.1 Å². The van der Waals surface area contributed by atoms with E-state index < -0.39 is 5.91 Å². The quantitative estimate of drug-likeness (QED) is 0.128. The van der Waals surface area contributed by atoms with Crippen LogP contribution in [-0.2, 0) is 22.6 Å². The first-order chi connectivity index (χ1) is 21.4. The molecule has 5 aromatic carbocycles. The first kappa shape index (κ1) is 29.7. The molecule has 0 aliphatic carbocycles. The Balaban J connectivity index is 1.52. The zero-order valence-corrected chi connectivity index (χ0v) is 24.3. The van der Waals surface area contributed by atoms with Crippen molar-refractivity contribution in [3.8, 4) is 16.9 Å². The van der Waals surface area contributed by atoms with Gasteiger partial charge in [-0.15, -0.1) is 0 Å². The summed E-state index contributed by atoms with van der Waals surface area (Å²) >= 11 is 0. The molecule has 218 valence electrons. The number of anilines is 1. The van der Waals surface area contributed by atoms with E-state index in [4.69, 9.17) is 10.5 Å². The summed E-state index contributed by atoms with van der Waals surface area (Å²) in [6.45, 7) is 2.37. The molecular weight excluding hydrogens is 548 g/mol. The third kappa shape index (κ3) is 7.75. The second-order valence-corrected chi connectivity index (χ2v) is 10.4. The zero-order chi connectivity index (χ0) is 30.9. The van der Waals surface area contributed by atoms with Crippen LogP contribution >= 0.6 is 0 Å². The molecule has 0 spiro atoms. The lowest BCUT2D eigenvalue weighted by molar-refractivity contribution is -0.115. The number of ketones is 1. The van der Waals surface area contributed by atoms with Gasteiger partial charge < -0.3 is 15.8 Å². The number of carbonyl (C=O) groups is 3. The lowest BCUT2D eigenvalue weighted by Gasteiger charge is -2.15. The first-order valence-electron chi connectivity index (χ1n) is 14.2. The molecule has 3 N–H and O–H groups in total. The van der Waals surface area contributed by atoms with E-state index in [1.54, 1.807) is 42.5 Å². The number of amides is 2. The Morgan fingerprint density at radius 1 is 0.773 bits per heavy atom. The summed E-state index contributed by atoms with van der Waals surface area (Å²) in [7, 11) is 0. The molecule has 0 saturated heterocycles. The smallest absolute Gasteiger partial charge is 0.241 e. The minimum Gasteiger partial charge on any atom is -0.489 e. The van der Waals surface area contributed by atoms with Gasteiger partial charge in [0, 0.05) is 17.2 Å². The van der Waals surface area contributed by atoms with E-state index in [1.165, 1.54) is 6.08 Å². The van der Waals surface area contributed by atoms with Crippen molar-refractivity contribution in [1.29, 1.82) is 0 Å². The summed E-state index contributed by atoms with van der Waals surface area (Å²) in [6.07, 6.45) is 3.09. The zero-order valence-electron chi connectivity index (χ0n) is 24.3. The molecule has 0 radical (unpaired) electrons. The molecule has 5 aromatic rings. The van der Waals surface area contributed by atoms with E-state index in [0.717, 1.165) is 22.3 Å². The highest BCUT2D eigenvalue weighted by atomic mass is 16.5. The Labute approximate surface area is 256 Å². The summed E-state index contributed by atoms with van der Waals surface area (Å²) < 4.78 is 6.08. The SMILES string of the molecule is Cc1ccc(CC(=O)Nc2ccc(-c3cc(OCc4ccccc4)ccc3C=CC(N)=O)cc2C(=O)c2ccccc2)cc1. The van der Waals surface area contributed by atoms with Crippen molar-refractivity contribution in [1.82, 2.24) is 0 Å². The fourth-order valence-corrected chi connectivity index (χ4v) is 4.77. The molecular formula is C38H32N2O4. The number of carbonyl (C=O) groups excluding carboxylic acids is 3. The molecule has 0 aliphatic heterocycles. The number of primary amides is 1. The minimum atomic E-state index is -0.577. The molecule has 0 aromatic heterocycles. The number of nitrogens with two attached hydrogens (primary N) is 1. The molecule has 0 saturated carbocycles. The maximum atomic E-state index is 13.8. The summed E-state index contributed by atoms with van der Waals surface area (Å²) in [5.41, 5.74) is 11.8. The summed E-state index contributed by atoms with van der Waals surface area (Å²) in [5, 5.41) is 2.95. The molecule has 0 unspecified atom stereocenters. The van der Waals surface area contributed by atoms with Gasteiger partial charge in [0.25, 0.3) is 0 Å². The molecule has 0 fully saturated rings. The van der Waals surface area contributed by atoms with Gasteiger partial charge in [-0.3, -0.25) is 14.4 Å². The summed E-state index contributed by atoms with van der Waals surface area (Å²) in [4.78, 5) is 38.4. The van der Waals surface area contributed by atoms with E-state index >= 15 is 0 Å². The van der Waals surface area contributed by atoms with Crippen LogP contribution in [0, 0.1) is 6.92 Å². The minimum absolute atomic E-state index is 0.170. The molecule has 2 amide bonds. The molecule has 6 heteroatoms. The van der Waals surface area contributed by atoms with Crippen molar-refractivity contribution in [2.24, 2.45) is 5.73 Å². The Morgan fingerprint density at radius 2 is 1.48 bits per heavy atom. The monoisotopic (exact) mass is 580 g/mol. The number of hydrogen-bond donors (Lipinski definition) is 2. The van der Waals surface area contributed by atoms with Gasteiger partial charge in [0.1, 0.15) is 12.4 Å². The standard InChI is InChI=1S/C38H32N2O4/c1-26-12-14-27(15-13-26)22-37(42)40-35-20-17-31(23-34(35)38(43)30-10-6-3-7-11-30)33-24-32(19-16-29(33)18-21-36(39)41)44-25-28-8-4-2-5-9-28/h2-21,23-24H,22,25H2,1H3,(H2,39,41)(H,40,42). The van der Waals surface area contributed by atoms with E-state index in [0.29, 0.717) is 40.3 Å². The van der Waals surface area contributed by atoms with Crippen molar-refractivity contribution >= 4 is 29.4 Å². The topological polar surface area (TPSA) is 98.5 Å². The second kappa shape index (κ2) is 13.9. The van der Waals surface area contributed by atoms with Gasteiger partial charge in [-0.2, -0.15) is 0 Å². The van der Waals surface area contributed by atoms with Gasteiger partial charge in [-0.05, 0) is 65.1 Å². The molecule has 0 heterocycles. The Kier molecular flexibility index (Phi) is 9.42. The van der Waals surface area contributed by atoms with Crippen LogP contribution in [0.15, 0.2) is 127 Å². The Hall–Kier alpha value is -5.75. The fourth-order valence-electron chi connectivity index (χ4n) is 4.77. The van der Waals surface area contributed by atoms with Crippen LogP contribution in [0.5, 0.6) is 5.75 Å². The maximum Gasteiger partial charge on any atom is 0.241 e. The van der Waals surface area contributed by atoms with Crippen LogP contribution in [0.25, 0.3) is 17.2 Å². The third-order valence-corrected chi connectivity index (χ3v) is 7.07. The Morgan fingerprint density at radius 3 is 2.18 bits per heavy atom. The molecule has 5 rings (SSSR count). The van der Waals surface area contributed by atoms with E-state index in [-0.39, 0.29) is 18.1 Å². The van der Waals surface area contributed by atoms with Crippen LogP contribution < -0.4 is 15.8 Å². The van der Waals surface area contributed by atoms with Crippen LogP contribution in [0.4, 0.5) is 5.69 Å². The van der Waals surface area contributed by atoms with Gasteiger partial charge >= 0.3 is 0 Å². The highest BCUT2D eigenvalue weighted by Crippen LogP contribution is 2.33. The molecule has 0 atom stereocenters. The number of rotatable bonds is 11. The molecule has 6 nitrogen and oxygen atoms in total. The van der Waals surface area contributed by atoms with Crippen molar-refractivity contribution < 1.29 is 19.1 Å². The van der Waals surface area contributed by atoms with Crippen molar-refractivity contribution in [3.63, 3.8) is 0 Å². The van der Waals surface area contributed by atoms with Crippen molar-refractivity contribution in [2.45, 2.75) is 20.0 Å². The number of nitrogens with one attached hydrogen (secondary N) is 1. The fraction of sp³-hybridized carbons (Fsp3) is 0.0789. The summed E-state index contributed by atoms with van der Waals surface area (Å²) in [5.74, 6) is -0.424. The lowest BCUT2D eigenvalue weighted by atomic mass is 9.93. The molecule has 0 bridgehead atoms. The lowest BCUT2D eigenvalue weighted by Crippen LogP contribution is -2.17. The first-order valence-corrected chi connectivity index (χ1v) is 14.2. The van der Waals surface area contributed by atoms with Crippen LogP contribution in [0.2, 0.25) is 0 Å². The van der Waals surface area contributed by atoms with Crippen LogP contribution in [0.1, 0.15) is 38.2 Å². The summed E-state index contributed by atoms with van der Waals surface area (Å²) in [6, 6.07) is 37.4. The predicted octanol–water partition coefficient (Wildman–Crippen LogP) is 7.15. The third-order valence-electron chi connectivity index (χ3n) is 7.07. The van der Waals surface area contributed by atoms with Crippen molar-refractivity contribution in [2.75, 3.05) is 5.32 Å². The van der Waals surface area contributed by atoms with Gasteiger partial charge in [0.15, 0.2) is 5.78 Å². The average Bonchev–Trinajstić information content (AvgIpc) is 3.05. The van der Waals surface area contributed by atoms with Crippen molar-refractivity contribution in [3.05, 3.63) is 161 Å². The number of benzene rings is 5. The molecule has 44 heavy (non-hydrogen) atoms. The van der Waals surface area contributed by atoms with Gasteiger partial charge in [-0.25, -0.2) is 0 Å². The maximum absolute atomic E-state index is 13.8. The molecule has 0 aliphatic rings. The number of hydrogen-bond acceptors (Lipinski definition) is 4. The number of aryl methyl sites for hydroxylation is 1. The average molecular weight is 581 g/mol. The van der Waals surface area contributed by atoms with Crippen LogP contribution in [-0.4, -0.2) is 17.6 Å². The van der Waals surface area contributed by atoms with Crippen LogP contribution in [0.3, 0.4) is 0 Å². The van der Waals surface area contributed by atoms with Gasteiger partial charge in [-0.1, -0.05) is 103 Å². The highest BCUT2D eigenvalue weighted by Gasteiger charge is 2.18. The van der Waals surface area contributed by atoms with E-state index in [2.05, 4.69) is 5.32 Å². The second-order valence-electron chi connectivity index (χ2n) is 10.4. The largest absolute Gasteiger partial charge is 0.489 e.